The summed E-state index contributed by atoms with van der Waals surface area (Å²) in [5.74, 6) is -1.34. The van der Waals surface area contributed by atoms with Crippen LogP contribution in [0.4, 0.5) is 0 Å². The molecule has 2 rings (SSSR count). The minimum atomic E-state index is -0.684. The van der Waals surface area contributed by atoms with Crippen LogP contribution < -0.4 is 5.73 Å². The van der Waals surface area contributed by atoms with Crippen LogP contribution in [0.25, 0.3) is 0 Å². The van der Waals surface area contributed by atoms with E-state index < -0.39 is 5.97 Å². The van der Waals surface area contributed by atoms with Crippen LogP contribution in [-0.2, 0) is 23.8 Å². The molecule has 0 amide bonds. The van der Waals surface area contributed by atoms with Gasteiger partial charge in [0.15, 0.2) is 0 Å². The maximum atomic E-state index is 12.4. The van der Waals surface area contributed by atoms with Crippen LogP contribution in [0, 0.1) is 11.8 Å². The van der Waals surface area contributed by atoms with Crippen molar-refractivity contribution in [3.63, 3.8) is 0 Å². The zero-order valence-corrected chi connectivity index (χ0v) is 13.8. The third-order valence-electron chi connectivity index (χ3n) is 4.69. The molecule has 0 aromatic carbocycles. The number of carbonyl (C=O) groups is 2. The first-order chi connectivity index (χ1) is 11.1. The highest BCUT2D eigenvalue weighted by atomic mass is 16.6. The summed E-state index contributed by atoms with van der Waals surface area (Å²) in [6, 6.07) is 0. The average molecular weight is 325 g/mol. The van der Waals surface area contributed by atoms with E-state index in [-0.39, 0.29) is 23.6 Å². The first kappa shape index (κ1) is 17.8. The lowest BCUT2D eigenvalue weighted by Gasteiger charge is -2.24. The van der Waals surface area contributed by atoms with E-state index in [0.717, 1.165) is 38.5 Å². The van der Waals surface area contributed by atoms with Crippen LogP contribution in [-0.4, -0.2) is 32.3 Å². The highest BCUT2D eigenvalue weighted by Gasteiger charge is 2.29. The third kappa shape index (κ3) is 4.96. The van der Waals surface area contributed by atoms with Crippen LogP contribution in [0.1, 0.15) is 51.4 Å². The van der Waals surface area contributed by atoms with Gasteiger partial charge in [-0.25, -0.2) is 4.79 Å². The normalized spacial score (nSPS) is 22.0. The van der Waals surface area contributed by atoms with E-state index in [2.05, 4.69) is 0 Å². The Balaban J connectivity index is 2.10. The fraction of sp³-hybridized carbons (Fsp3) is 0.765. The SMILES string of the molecule is COC(=O)C(OC(=O)C1CCCCCC1)=C(N)C1CCOCC1. The zero-order chi connectivity index (χ0) is 16.7. The molecule has 0 atom stereocenters. The summed E-state index contributed by atoms with van der Waals surface area (Å²) >= 11 is 0. The summed E-state index contributed by atoms with van der Waals surface area (Å²) < 4.78 is 15.5. The molecule has 2 aliphatic rings. The molecule has 6 nitrogen and oxygen atoms in total. The number of carbonyl (C=O) groups excluding carboxylic acids is 2. The van der Waals surface area contributed by atoms with Crippen molar-refractivity contribution in [3.8, 4) is 0 Å². The molecule has 1 aliphatic carbocycles. The molecule has 0 unspecified atom stereocenters. The molecule has 0 spiro atoms. The fourth-order valence-electron chi connectivity index (χ4n) is 3.20. The maximum Gasteiger partial charge on any atom is 0.375 e. The molecule has 23 heavy (non-hydrogen) atoms. The molecule has 6 heteroatoms. The van der Waals surface area contributed by atoms with E-state index in [1.54, 1.807) is 0 Å². The first-order valence-corrected chi connectivity index (χ1v) is 8.51. The number of ether oxygens (including phenoxy) is 3. The quantitative estimate of drug-likeness (QED) is 0.369. The largest absolute Gasteiger partial charge is 0.463 e. The van der Waals surface area contributed by atoms with Gasteiger partial charge in [-0.1, -0.05) is 25.7 Å². The molecule has 0 aromatic heterocycles. The van der Waals surface area contributed by atoms with Crippen LogP contribution >= 0.6 is 0 Å². The van der Waals surface area contributed by atoms with Gasteiger partial charge in [-0.2, -0.15) is 0 Å². The Morgan fingerprint density at radius 2 is 1.57 bits per heavy atom. The number of esters is 2. The predicted molar refractivity (Wildman–Crippen MR) is 84.1 cm³/mol. The van der Waals surface area contributed by atoms with Gasteiger partial charge in [0.25, 0.3) is 0 Å². The maximum absolute atomic E-state index is 12.4. The minimum Gasteiger partial charge on any atom is -0.463 e. The van der Waals surface area contributed by atoms with Gasteiger partial charge in [0.05, 0.1) is 18.7 Å². The molecule has 0 bridgehead atoms. The lowest BCUT2D eigenvalue weighted by Crippen LogP contribution is -2.28. The molecule has 1 saturated heterocycles. The van der Waals surface area contributed by atoms with Gasteiger partial charge in [0.1, 0.15) is 0 Å². The van der Waals surface area contributed by atoms with Crippen LogP contribution in [0.15, 0.2) is 11.5 Å². The molecule has 1 heterocycles. The van der Waals surface area contributed by atoms with Crippen molar-refractivity contribution in [2.75, 3.05) is 20.3 Å². The topological polar surface area (TPSA) is 87.9 Å². The molecule has 2 fully saturated rings. The van der Waals surface area contributed by atoms with Gasteiger partial charge in [-0.15, -0.1) is 0 Å². The minimum absolute atomic E-state index is 0.0141. The predicted octanol–water partition coefficient (Wildman–Crippen LogP) is 2.27. The summed E-state index contributed by atoms with van der Waals surface area (Å²) in [7, 11) is 1.26. The van der Waals surface area contributed by atoms with Crippen molar-refractivity contribution in [1.82, 2.24) is 0 Å². The Hall–Kier alpha value is -1.56. The van der Waals surface area contributed by atoms with E-state index in [9.17, 15) is 9.59 Å². The highest BCUT2D eigenvalue weighted by molar-refractivity contribution is 5.90. The molecule has 0 aromatic rings. The Kier molecular flexibility index (Phi) is 6.89. The summed E-state index contributed by atoms with van der Waals surface area (Å²) in [5, 5.41) is 0. The molecule has 130 valence electrons. The first-order valence-electron chi connectivity index (χ1n) is 8.51. The van der Waals surface area contributed by atoms with Crippen molar-refractivity contribution < 1.29 is 23.8 Å². The fourth-order valence-corrected chi connectivity index (χ4v) is 3.20. The van der Waals surface area contributed by atoms with Gasteiger partial charge >= 0.3 is 11.9 Å². The van der Waals surface area contributed by atoms with Crippen LogP contribution in [0.3, 0.4) is 0 Å². The third-order valence-corrected chi connectivity index (χ3v) is 4.69. The van der Waals surface area contributed by atoms with Gasteiger partial charge in [0.2, 0.25) is 5.76 Å². The van der Waals surface area contributed by atoms with Gasteiger partial charge in [-0.3, -0.25) is 4.79 Å². The van der Waals surface area contributed by atoms with Gasteiger partial charge < -0.3 is 19.9 Å². The van der Waals surface area contributed by atoms with E-state index in [1.165, 1.54) is 7.11 Å². The molecule has 0 radical (unpaired) electrons. The number of rotatable bonds is 4. The lowest BCUT2D eigenvalue weighted by atomic mass is 9.95. The standard InChI is InChI=1S/C17H27NO5/c1-21-17(20)15(14(18)12-8-10-22-11-9-12)23-16(19)13-6-4-2-3-5-7-13/h12-13H,2-11,18H2,1H3. The smallest absolute Gasteiger partial charge is 0.375 e. The van der Waals surface area contributed by atoms with Gasteiger partial charge in [-0.05, 0) is 25.7 Å². The molecular weight excluding hydrogens is 298 g/mol. The number of hydrogen-bond acceptors (Lipinski definition) is 6. The molecule has 1 saturated carbocycles. The summed E-state index contributed by atoms with van der Waals surface area (Å²) in [5.41, 5.74) is 6.43. The Labute approximate surface area is 137 Å². The average Bonchev–Trinajstić information content (AvgIpc) is 2.88. The van der Waals surface area contributed by atoms with E-state index >= 15 is 0 Å². The lowest BCUT2D eigenvalue weighted by molar-refractivity contribution is -0.153. The summed E-state index contributed by atoms with van der Waals surface area (Å²) in [4.78, 5) is 24.4. The van der Waals surface area contributed by atoms with Crippen molar-refractivity contribution in [3.05, 3.63) is 11.5 Å². The summed E-state index contributed by atoms with van der Waals surface area (Å²) in [6.45, 7) is 1.19. The number of allylic oxidation sites excluding steroid dienone is 1. The second-order valence-electron chi connectivity index (χ2n) is 6.27. The van der Waals surface area contributed by atoms with Crippen LogP contribution in [0.2, 0.25) is 0 Å². The zero-order valence-electron chi connectivity index (χ0n) is 13.8. The van der Waals surface area contributed by atoms with Crippen molar-refractivity contribution >= 4 is 11.9 Å². The van der Waals surface area contributed by atoms with Crippen molar-refractivity contribution in [1.29, 1.82) is 0 Å². The highest BCUT2D eigenvalue weighted by Crippen LogP contribution is 2.27. The number of methoxy groups -OCH3 is 1. The van der Waals surface area contributed by atoms with Crippen molar-refractivity contribution in [2.45, 2.75) is 51.4 Å². The summed E-state index contributed by atoms with van der Waals surface area (Å²) in [6.07, 6.45) is 7.38. The number of hydrogen-bond donors (Lipinski definition) is 1. The molecule has 2 N–H and O–H groups in total. The second-order valence-corrected chi connectivity index (χ2v) is 6.27. The second kappa shape index (κ2) is 8.91. The monoisotopic (exact) mass is 325 g/mol. The van der Waals surface area contributed by atoms with E-state index in [1.807, 2.05) is 0 Å². The Bertz CT molecular complexity index is 446. The van der Waals surface area contributed by atoms with E-state index in [4.69, 9.17) is 19.9 Å². The molecule has 1 aliphatic heterocycles. The van der Waals surface area contributed by atoms with Crippen molar-refractivity contribution in [2.24, 2.45) is 17.6 Å². The van der Waals surface area contributed by atoms with Crippen LogP contribution in [0.5, 0.6) is 0 Å². The van der Waals surface area contributed by atoms with Gasteiger partial charge in [0, 0.05) is 19.1 Å². The number of nitrogens with two attached hydrogens (primary N) is 1. The Morgan fingerprint density at radius 1 is 0.957 bits per heavy atom. The van der Waals surface area contributed by atoms with E-state index in [0.29, 0.717) is 31.8 Å². The Morgan fingerprint density at radius 3 is 2.13 bits per heavy atom. The molecular formula is C17H27NO5.